The highest BCUT2D eigenvalue weighted by molar-refractivity contribution is 7.13. The smallest absolute Gasteiger partial charge is 0.248 e. The van der Waals surface area contributed by atoms with Gasteiger partial charge in [-0.15, -0.1) is 11.3 Å². The zero-order valence-electron chi connectivity index (χ0n) is 11.7. The van der Waals surface area contributed by atoms with Gasteiger partial charge in [0.25, 0.3) is 0 Å². The molecule has 0 spiro atoms. The Bertz CT molecular complexity index is 479. The first-order valence-corrected chi connectivity index (χ1v) is 7.48. The first kappa shape index (κ1) is 16.2. The number of methoxy groups -OCH3 is 1. The van der Waals surface area contributed by atoms with E-state index in [9.17, 15) is 4.79 Å². The van der Waals surface area contributed by atoms with E-state index in [1.807, 2.05) is 5.38 Å². The van der Waals surface area contributed by atoms with Crippen LogP contribution in [0.1, 0.15) is 32.1 Å². The van der Waals surface area contributed by atoms with Crippen LogP contribution in [0.2, 0.25) is 0 Å². The Labute approximate surface area is 122 Å². The van der Waals surface area contributed by atoms with Crippen molar-refractivity contribution in [1.29, 1.82) is 0 Å². The lowest BCUT2D eigenvalue weighted by atomic mass is 10.4. The summed E-state index contributed by atoms with van der Waals surface area (Å²) in [7, 11) is 1.55. The molecule has 0 bridgehead atoms. The number of hydrogen-bond donors (Lipinski definition) is 2. The maximum absolute atomic E-state index is 10.4. The standard InChI is InChI=1S/C6H7NO2.C5H10.C3H4N2S/c1-9-5-2-3-6(8)7-4-5;1-2-4-5-3-1;4-3-5-1-2-6-3/h2-4H,1H3,(H,7,8);1-5H2;1-2H,(H2,4,5). The van der Waals surface area contributed by atoms with Crippen LogP contribution in [0.15, 0.2) is 34.7 Å². The van der Waals surface area contributed by atoms with Gasteiger partial charge in [-0.3, -0.25) is 4.79 Å². The van der Waals surface area contributed by atoms with Gasteiger partial charge in [0.15, 0.2) is 5.13 Å². The maximum atomic E-state index is 10.4. The van der Waals surface area contributed by atoms with Crippen LogP contribution in [0.5, 0.6) is 5.75 Å². The van der Waals surface area contributed by atoms with Crippen molar-refractivity contribution in [1.82, 2.24) is 9.97 Å². The highest BCUT2D eigenvalue weighted by Crippen LogP contribution is 2.15. The zero-order valence-corrected chi connectivity index (χ0v) is 12.5. The summed E-state index contributed by atoms with van der Waals surface area (Å²) in [5, 5.41) is 2.48. The van der Waals surface area contributed by atoms with Crippen molar-refractivity contribution >= 4 is 16.5 Å². The van der Waals surface area contributed by atoms with E-state index in [4.69, 9.17) is 10.5 Å². The molecule has 2 aromatic heterocycles. The molecule has 2 aromatic rings. The minimum Gasteiger partial charge on any atom is -0.495 e. The van der Waals surface area contributed by atoms with Crippen LogP contribution in [0.4, 0.5) is 5.13 Å². The third kappa shape index (κ3) is 7.58. The summed E-state index contributed by atoms with van der Waals surface area (Å²) in [6.45, 7) is 0. The van der Waals surface area contributed by atoms with Crippen LogP contribution < -0.4 is 16.0 Å². The summed E-state index contributed by atoms with van der Waals surface area (Å²) in [6.07, 6.45) is 10.7. The highest BCUT2D eigenvalue weighted by Gasteiger charge is 1.95. The normalized spacial score (nSPS) is 12.7. The van der Waals surface area contributed by atoms with Crippen molar-refractivity contribution in [3.05, 3.63) is 40.3 Å². The van der Waals surface area contributed by atoms with E-state index >= 15 is 0 Å². The predicted molar refractivity (Wildman–Crippen MR) is 83.2 cm³/mol. The molecule has 1 fully saturated rings. The predicted octanol–water partition coefficient (Wildman–Crippen LogP) is 3.06. The average Bonchev–Trinajstić information content (AvgIpc) is 3.16. The molecule has 3 N–H and O–H groups in total. The Morgan fingerprint density at radius 1 is 1.25 bits per heavy atom. The van der Waals surface area contributed by atoms with Gasteiger partial charge in [0, 0.05) is 23.8 Å². The number of pyridine rings is 1. The van der Waals surface area contributed by atoms with Gasteiger partial charge in [-0.05, 0) is 6.07 Å². The molecule has 3 rings (SSSR count). The number of ether oxygens (including phenoxy) is 1. The highest BCUT2D eigenvalue weighted by atomic mass is 32.1. The quantitative estimate of drug-likeness (QED) is 0.847. The lowest BCUT2D eigenvalue weighted by molar-refractivity contribution is 0.412. The molecular weight excluding hydrogens is 274 g/mol. The molecule has 0 aromatic carbocycles. The fraction of sp³-hybridized carbons (Fsp3) is 0.429. The van der Waals surface area contributed by atoms with E-state index in [2.05, 4.69) is 9.97 Å². The summed E-state index contributed by atoms with van der Waals surface area (Å²) in [5.41, 5.74) is 5.07. The zero-order chi connectivity index (χ0) is 14.6. The van der Waals surface area contributed by atoms with Crippen molar-refractivity contribution in [3.63, 3.8) is 0 Å². The second kappa shape index (κ2) is 10.0. The molecule has 6 heteroatoms. The molecule has 20 heavy (non-hydrogen) atoms. The molecule has 0 atom stereocenters. The molecule has 0 radical (unpaired) electrons. The number of rotatable bonds is 1. The Morgan fingerprint density at radius 3 is 2.20 bits per heavy atom. The molecule has 0 unspecified atom stereocenters. The largest absolute Gasteiger partial charge is 0.495 e. The molecule has 1 saturated carbocycles. The van der Waals surface area contributed by atoms with Crippen LogP contribution in [-0.2, 0) is 0 Å². The lowest BCUT2D eigenvalue weighted by Gasteiger charge is -1.93. The first-order chi connectivity index (χ1) is 9.72. The summed E-state index contributed by atoms with van der Waals surface area (Å²) in [4.78, 5) is 16.6. The monoisotopic (exact) mass is 295 g/mol. The molecule has 0 saturated heterocycles. The Kier molecular flexibility index (Phi) is 8.14. The second-order valence-corrected chi connectivity index (χ2v) is 5.16. The molecule has 1 aliphatic rings. The lowest BCUT2D eigenvalue weighted by Crippen LogP contribution is -2.01. The number of H-pyrrole nitrogens is 1. The molecule has 5 nitrogen and oxygen atoms in total. The number of thiazole rings is 1. The van der Waals surface area contributed by atoms with E-state index in [0.29, 0.717) is 10.9 Å². The summed E-state index contributed by atoms with van der Waals surface area (Å²) in [6, 6.07) is 3.03. The van der Waals surface area contributed by atoms with Crippen LogP contribution >= 0.6 is 11.3 Å². The summed E-state index contributed by atoms with van der Waals surface area (Å²) < 4.78 is 4.80. The van der Waals surface area contributed by atoms with Gasteiger partial charge < -0.3 is 15.5 Å². The van der Waals surface area contributed by atoms with Crippen LogP contribution in [-0.4, -0.2) is 17.1 Å². The second-order valence-electron chi connectivity index (χ2n) is 4.23. The minimum absolute atomic E-state index is 0.115. The molecule has 0 aliphatic heterocycles. The van der Waals surface area contributed by atoms with E-state index in [1.165, 1.54) is 55.7 Å². The number of nitrogen functional groups attached to an aromatic ring is 1. The van der Waals surface area contributed by atoms with Gasteiger partial charge in [-0.25, -0.2) is 4.98 Å². The van der Waals surface area contributed by atoms with E-state index < -0.39 is 0 Å². The van der Waals surface area contributed by atoms with Crippen molar-refractivity contribution in [2.75, 3.05) is 12.8 Å². The molecule has 2 heterocycles. The third-order valence-electron chi connectivity index (χ3n) is 2.69. The molecule has 0 amide bonds. The molecular formula is C14H21N3O2S. The number of nitrogens with two attached hydrogens (primary N) is 1. The van der Waals surface area contributed by atoms with E-state index in [-0.39, 0.29) is 5.56 Å². The molecule has 1 aliphatic carbocycles. The Morgan fingerprint density at radius 2 is 1.90 bits per heavy atom. The minimum atomic E-state index is -0.115. The van der Waals surface area contributed by atoms with Gasteiger partial charge in [-0.1, -0.05) is 32.1 Å². The fourth-order valence-electron chi connectivity index (χ4n) is 1.64. The number of nitrogens with zero attached hydrogens (tertiary/aromatic N) is 1. The maximum Gasteiger partial charge on any atom is 0.248 e. The van der Waals surface area contributed by atoms with Crippen molar-refractivity contribution in [3.8, 4) is 5.75 Å². The van der Waals surface area contributed by atoms with Crippen molar-refractivity contribution < 1.29 is 4.74 Å². The first-order valence-electron chi connectivity index (χ1n) is 6.60. The van der Waals surface area contributed by atoms with E-state index in [1.54, 1.807) is 19.4 Å². The summed E-state index contributed by atoms with van der Waals surface area (Å²) in [5.74, 6) is 0.662. The van der Waals surface area contributed by atoms with Gasteiger partial charge in [0.2, 0.25) is 5.56 Å². The topological polar surface area (TPSA) is 81.0 Å². The number of hydrogen-bond acceptors (Lipinski definition) is 5. The number of anilines is 1. The van der Waals surface area contributed by atoms with Gasteiger partial charge in [-0.2, -0.15) is 0 Å². The van der Waals surface area contributed by atoms with E-state index in [0.717, 1.165) is 0 Å². The van der Waals surface area contributed by atoms with Crippen LogP contribution in [0, 0.1) is 0 Å². The van der Waals surface area contributed by atoms with Crippen molar-refractivity contribution in [2.24, 2.45) is 0 Å². The number of nitrogens with one attached hydrogen (secondary N) is 1. The number of aromatic amines is 1. The summed E-state index contributed by atoms with van der Waals surface area (Å²) >= 11 is 1.44. The van der Waals surface area contributed by atoms with Crippen LogP contribution in [0.25, 0.3) is 0 Å². The van der Waals surface area contributed by atoms with Gasteiger partial charge in [0.1, 0.15) is 5.75 Å². The SMILES string of the molecule is C1CCCC1.COc1ccc(=O)[nH]c1.Nc1nccs1. The van der Waals surface area contributed by atoms with Gasteiger partial charge >= 0.3 is 0 Å². The van der Waals surface area contributed by atoms with Crippen molar-refractivity contribution in [2.45, 2.75) is 32.1 Å². The Balaban J connectivity index is 0.000000158. The fourth-order valence-corrected chi connectivity index (χ4v) is 2.02. The number of aromatic nitrogens is 2. The Hall–Kier alpha value is -1.82. The van der Waals surface area contributed by atoms with Gasteiger partial charge in [0.05, 0.1) is 7.11 Å². The average molecular weight is 295 g/mol. The third-order valence-corrected chi connectivity index (χ3v) is 3.30. The van der Waals surface area contributed by atoms with Crippen LogP contribution in [0.3, 0.4) is 0 Å². The molecule has 110 valence electrons.